The van der Waals surface area contributed by atoms with E-state index in [0.29, 0.717) is 31.2 Å². The first-order valence-corrected chi connectivity index (χ1v) is 6.85. The molecule has 1 amide bonds. The van der Waals surface area contributed by atoms with Crippen molar-refractivity contribution < 1.29 is 9.00 Å². The van der Waals surface area contributed by atoms with Crippen molar-refractivity contribution in [3.63, 3.8) is 0 Å². The largest absolute Gasteiger partial charge is 0.337 e. The van der Waals surface area contributed by atoms with E-state index < -0.39 is 11.0 Å². The molecule has 0 saturated heterocycles. The predicted octanol–water partition coefficient (Wildman–Crippen LogP) is 0.188. The summed E-state index contributed by atoms with van der Waals surface area (Å²) in [7, 11) is -1.21. The van der Waals surface area contributed by atoms with Gasteiger partial charge in [-0.3, -0.25) is 4.79 Å². The Balaban J connectivity index is 1.69. The van der Waals surface area contributed by atoms with Gasteiger partial charge in [0.05, 0.1) is 0 Å². The third-order valence-corrected chi connectivity index (χ3v) is 4.55. The summed E-state index contributed by atoms with van der Waals surface area (Å²) < 4.78 is 14.2. The lowest BCUT2D eigenvalue weighted by Crippen LogP contribution is -2.30. The molecule has 18 heavy (non-hydrogen) atoms. The first-order valence-electron chi connectivity index (χ1n) is 5.75. The minimum atomic E-state index is -1.21. The smallest absolute Gasteiger partial charge is 0.210 e. The van der Waals surface area contributed by atoms with Crippen LogP contribution in [0.1, 0.15) is 0 Å². The molecule has 0 aromatic carbocycles. The van der Waals surface area contributed by atoms with Gasteiger partial charge in [0, 0.05) is 32.4 Å². The maximum absolute atomic E-state index is 12.3. The van der Waals surface area contributed by atoms with Crippen molar-refractivity contribution in [3.8, 4) is 0 Å². The zero-order valence-electron chi connectivity index (χ0n) is 9.78. The predicted molar refractivity (Wildman–Crippen MR) is 66.9 cm³/mol. The second-order valence-corrected chi connectivity index (χ2v) is 5.87. The summed E-state index contributed by atoms with van der Waals surface area (Å²) in [4.78, 5) is 16.6. The van der Waals surface area contributed by atoms with Crippen molar-refractivity contribution >= 4 is 17.4 Å². The lowest BCUT2D eigenvalue weighted by Gasteiger charge is -2.18. The van der Waals surface area contributed by atoms with Gasteiger partial charge in [-0.2, -0.15) is 0 Å². The molecule has 0 saturated carbocycles. The fourth-order valence-electron chi connectivity index (χ4n) is 2.35. The van der Waals surface area contributed by atoms with Crippen LogP contribution in [0.2, 0.25) is 0 Å². The Morgan fingerprint density at radius 2 is 1.89 bits per heavy atom. The van der Waals surface area contributed by atoms with E-state index >= 15 is 0 Å². The number of amides is 1. The second-order valence-electron chi connectivity index (χ2n) is 4.43. The highest BCUT2D eigenvalue weighted by atomic mass is 32.2. The van der Waals surface area contributed by atoms with E-state index in [9.17, 15) is 9.00 Å². The Bertz CT molecular complexity index is 511. The van der Waals surface area contributed by atoms with Crippen molar-refractivity contribution in [2.24, 2.45) is 0 Å². The van der Waals surface area contributed by atoms with Gasteiger partial charge in [-0.05, 0) is 23.3 Å². The fourth-order valence-corrected chi connectivity index (χ4v) is 3.51. The van der Waals surface area contributed by atoms with E-state index in [0.717, 1.165) is 6.41 Å². The summed E-state index contributed by atoms with van der Waals surface area (Å²) in [5.41, 5.74) is 2.46. The van der Waals surface area contributed by atoms with Gasteiger partial charge < -0.3 is 4.90 Å². The summed E-state index contributed by atoms with van der Waals surface area (Å²) in [6.07, 6.45) is 2.52. The third kappa shape index (κ3) is 1.97. The van der Waals surface area contributed by atoms with Gasteiger partial charge in [0.25, 0.3) is 0 Å². The van der Waals surface area contributed by atoms with Gasteiger partial charge in [0.1, 0.15) is 16.0 Å². The summed E-state index contributed by atoms with van der Waals surface area (Å²) >= 11 is 0. The molecule has 0 spiro atoms. The third-order valence-electron chi connectivity index (χ3n) is 3.22. The molecule has 94 valence electrons. The zero-order chi connectivity index (χ0) is 12.5. The Morgan fingerprint density at radius 1 is 1.17 bits per heavy atom. The summed E-state index contributed by atoms with van der Waals surface area (Å²) in [5, 5.41) is 0.589. The molecule has 1 unspecified atom stereocenters. The molecule has 1 aromatic heterocycles. The van der Waals surface area contributed by atoms with Crippen LogP contribution in [0.3, 0.4) is 0 Å². The molecule has 1 atom stereocenters. The maximum Gasteiger partial charge on any atom is 0.210 e. The molecular weight excluding hydrogens is 250 g/mol. The van der Waals surface area contributed by atoms with E-state index in [-0.39, 0.29) is 0 Å². The van der Waals surface area contributed by atoms with E-state index in [1.54, 1.807) is 17.2 Å². The van der Waals surface area contributed by atoms with Crippen LogP contribution < -0.4 is 0 Å². The average molecular weight is 263 g/mol. The molecular formula is C12H13N3O2S. The number of carbonyl (C=O) groups excluding carboxylic acids is 1. The summed E-state index contributed by atoms with van der Waals surface area (Å²) in [6, 6.07) is 5.42. The first-order chi connectivity index (χ1) is 8.78. The molecule has 0 radical (unpaired) electrons. The lowest BCUT2D eigenvalue weighted by molar-refractivity contribution is -0.117. The molecule has 5 nitrogen and oxygen atoms in total. The number of nitrogens with zero attached hydrogens (tertiary/aromatic N) is 3. The Labute approximate surface area is 108 Å². The number of rotatable bonds is 3. The van der Waals surface area contributed by atoms with Gasteiger partial charge in [0.15, 0.2) is 0 Å². The molecule has 0 N–H and O–H groups in total. The summed E-state index contributed by atoms with van der Waals surface area (Å²) in [5.74, 6) is 0. The monoisotopic (exact) mass is 263 g/mol. The van der Waals surface area contributed by atoms with Crippen LogP contribution in [-0.2, 0) is 15.8 Å². The highest BCUT2D eigenvalue weighted by molar-refractivity contribution is 7.82. The van der Waals surface area contributed by atoms with Crippen LogP contribution in [0.5, 0.6) is 0 Å². The van der Waals surface area contributed by atoms with E-state index in [2.05, 4.69) is 4.98 Å². The molecule has 0 fully saturated rings. The van der Waals surface area contributed by atoms with Crippen LogP contribution >= 0.6 is 0 Å². The van der Waals surface area contributed by atoms with Gasteiger partial charge in [-0.15, -0.1) is 0 Å². The second kappa shape index (κ2) is 4.62. The highest BCUT2D eigenvalue weighted by Crippen LogP contribution is 2.26. The summed E-state index contributed by atoms with van der Waals surface area (Å²) in [6.45, 7) is 2.69. The first kappa shape index (κ1) is 11.6. The van der Waals surface area contributed by atoms with Crippen molar-refractivity contribution in [3.05, 3.63) is 35.5 Å². The average Bonchev–Trinajstić information content (AvgIpc) is 2.96. The van der Waals surface area contributed by atoms with E-state index in [1.165, 1.54) is 11.1 Å². The molecule has 3 rings (SSSR count). The zero-order valence-corrected chi connectivity index (χ0v) is 10.6. The molecule has 3 heterocycles. The molecule has 2 aliphatic heterocycles. The Hall–Kier alpha value is -1.53. The minimum absolute atomic E-state index is 0.589. The van der Waals surface area contributed by atoms with Crippen LogP contribution in [0.25, 0.3) is 0 Å². The number of pyridine rings is 1. The van der Waals surface area contributed by atoms with Gasteiger partial charge in [-0.25, -0.2) is 13.5 Å². The molecule has 0 aliphatic carbocycles. The fraction of sp³-hybridized carbons (Fsp3) is 0.333. The van der Waals surface area contributed by atoms with Crippen molar-refractivity contribution in [2.45, 2.75) is 5.03 Å². The lowest BCUT2D eigenvalue weighted by atomic mass is 10.2. The topological polar surface area (TPSA) is 53.5 Å². The number of hydrogen-bond donors (Lipinski definition) is 0. The van der Waals surface area contributed by atoms with Crippen molar-refractivity contribution in [2.75, 3.05) is 26.2 Å². The van der Waals surface area contributed by atoms with Gasteiger partial charge >= 0.3 is 0 Å². The Morgan fingerprint density at radius 3 is 2.44 bits per heavy atom. The van der Waals surface area contributed by atoms with Crippen LogP contribution in [0.15, 0.2) is 40.6 Å². The molecule has 0 bridgehead atoms. The van der Waals surface area contributed by atoms with Gasteiger partial charge in [-0.1, -0.05) is 6.07 Å². The molecule has 2 aliphatic rings. The van der Waals surface area contributed by atoms with Crippen molar-refractivity contribution in [1.82, 2.24) is 14.2 Å². The van der Waals surface area contributed by atoms with Crippen molar-refractivity contribution in [1.29, 1.82) is 0 Å². The highest BCUT2D eigenvalue weighted by Gasteiger charge is 2.32. The van der Waals surface area contributed by atoms with Crippen LogP contribution in [0.4, 0.5) is 0 Å². The minimum Gasteiger partial charge on any atom is -0.337 e. The van der Waals surface area contributed by atoms with Gasteiger partial charge in [0.2, 0.25) is 6.41 Å². The number of carbonyl (C=O) groups is 1. The van der Waals surface area contributed by atoms with E-state index in [1.807, 2.05) is 16.4 Å². The maximum atomic E-state index is 12.3. The molecule has 6 heteroatoms. The van der Waals surface area contributed by atoms with Crippen LogP contribution in [0, 0.1) is 0 Å². The Kier molecular flexibility index (Phi) is 2.97. The quantitative estimate of drug-likeness (QED) is 0.578. The van der Waals surface area contributed by atoms with Crippen LogP contribution in [-0.4, -0.2) is 51.0 Å². The molecule has 1 aromatic rings. The number of aromatic nitrogens is 1. The SMILES string of the molecule is O=CN1CC2=C(C1)CN(S(=O)c1ccccn1)C2. The van der Waals surface area contributed by atoms with E-state index in [4.69, 9.17) is 0 Å². The number of hydrogen-bond acceptors (Lipinski definition) is 3. The normalized spacial score (nSPS) is 21.2. The standard InChI is InChI=1S/C12H13N3O2S/c16-9-14-5-10-7-15(8-11(10)6-14)18(17)12-3-1-2-4-13-12/h1-4,9H,5-8H2.